The highest BCUT2D eigenvalue weighted by molar-refractivity contribution is 5.36. The van der Waals surface area contributed by atoms with Crippen molar-refractivity contribution in [2.75, 3.05) is 7.11 Å². The third-order valence-electron chi connectivity index (χ3n) is 2.67. The number of hydrogen-bond donors (Lipinski definition) is 1. The Labute approximate surface area is 104 Å². The van der Waals surface area contributed by atoms with Crippen LogP contribution >= 0.6 is 0 Å². The first-order chi connectivity index (χ1) is 8.63. The maximum absolute atomic E-state index is 13.0. The normalized spacial score (nSPS) is 12.2. The molecule has 5 heteroatoms. The van der Waals surface area contributed by atoms with Gasteiger partial charge >= 0.3 is 0 Å². The molecular weight excluding hydrogens is 235 g/mol. The third-order valence-corrected chi connectivity index (χ3v) is 2.67. The van der Waals surface area contributed by atoms with Crippen molar-refractivity contribution in [3.05, 3.63) is 53.2 Å². The number of halogens is 1. The first-order valence-corrected chi connectivity index (χ1v) is 5.42. The van der Waals surface area contributed by atoms with Gasteiger partial charge in [0.1, 0.15) is 17.6 Å². The van der Waals surface area contributed by atoms with E-state index in [1.165, 1.54) is 37.7 Å². The van der Waals surface area contributed by atoms with E-state index in [4.69, 9.17) is 4.74 Å². The van der Waals surface area contributed by atoms with Gasteiger partial charge in [-0.1, -0.05) is 6.07 Å². The molecule has 1 atom stereocenters. The highest BCUT2D eigenvalue weighted by Gasteiger charge is 2.19. The molecule has 1 aromatic carbocycles. The van der Waals surface area contributed by atoms with Crippen molar-refractivity contribution in [3.8, 4) is 5.88 Å². The van der Waals surface area contributed by atoms with Gasteiger partial charge in [0.15, 0.2) is 0 Å². The van der Waals surface area contributed by atoms with Crippen molar-refractivity contribution in [2.24, 2.45) is 0 Å². The molecule has 1 N–H and O–H groups in total. The number of hydrogen-bond acceptors (Lipinski definition) is 4. The van der Waals surface area contributed by atoms with Gasteiger partial charge in [0.2, 0.25) is 5.88 Å². The number of methoxy groups -OCH3 is 1. The fourth-order valence-electron chi connectivity index (χ4n) is 1.77. The van der Waals surface area contributed by atoms with Gasteiger partial charge in [-0.3, -0.25) is 4.98 Å². The largest absolute Gasteiger partial charge is 0.480 e. The number of aliphatic hydroxyl groups is 1. The van der Waals surface area contributed by atoms with Crippen LogP contribution in [0.3, 0.4) is 0 Å². The lowest BCUT2D eigenvalue weighted by atomic mass is 10.0. The van der Waals surface area contributed by atoms with Gasteiger partial charge in [0, 0.05) is 12.4 Å². The van der Waals surface area contributed by atoms with Crippen LogP contribution in [-0.4, -0.2) is 22.2 Å². The number of rotatable bonds is 3. The van der Waals surface area contributed by atoms with Gasteiger partial charge in [-0.25, -0.2) is 9.37 Å². The quantitative estimate of drug-likeness (QED) is 0.902. The van der Waals surface area contributed by atoms with Crippen LogP contribution in [-0.2, 0) is 0 Å². The van der Waals surface area contributed by atoms with E-state index in [9.17, 15) is 9.50 Å². The number of aromatic nitrogens is 2. The molecule has 0 aliphatic heterocycles. The number of ether oxygens (including phenoxy) is 1. The Morgan fingerprint density at radius 1 is 1.28 bits per heavy atom. The van der Waals surface area contributed by atoms with Crippen molar-refractivity contribution in [3.63, 3.8) is 0 Å². The zero-order chi connectivity index (χ0) is 13.1. The second-order valence-electron chi connectivity index (χ2n) is 3.85. The van der Waals surface area contributed by atoms with Crippen molar-refractivity contribution < 1.29 is 14.2 Å². The van der Waals surface area contributed by atoms with Gasteiger partial charge in [0.05, 0.1) is 7.11 Å². The topological polar surface area (TPSA) is 55.2 Å². The monoisotopic (exact) mass is 248 g/mol. The minimum Gasteiger partial charge on any atom is -0.480 e. The van der Waals surface area contributed by atoms with Crippen LogP contribution in [0.1, 0.15) is 22.9 Å². The summed E-state index contributed by atoms with van der Waals surface area (Å²) in [6.07, 6.45) is 1.96. The molecule has 0 fully saturated rings. The smallest absolute Gasteiger partial charge is 0.238 e. The fourth-order valence-corrected chi connectivity index (χ4v) is 1.77. The average Bonchev–Trinajstić information content (AvgIpc) is 2.38. The van der Waals surface area contributed by atoms with Crippen molar-refractivity contribution >= 4 is 0 Å². The van der Waals surface area contributed by atoms with Crippen LogP contribution in [0.2, 0.25) is 0 Å². The average molecular weight is 248 g/mol. The maximum Gasteiger partial charge on any atom is 0.238 e. The summed E-state index contributed by atoms with van der Waals surface area (Å²) in [5.41, 5.74) is 1.54. The Hall–Kier alpha value is -2.01. The Morgan fingerprint density at radius 2 is 2.00 bits per heavy atom. The van der Waals surface area contributed by atoms with Crippen LogP contribution < -0.4 is 4.74 Å². The predicted molar refractivity (Wildman–Crippen MR) is 63.8 cm³/mol. The van der Waals surface area contributed by atoms with Gasteiger partial charge in [0.25, 0.3) is 0 Å². The van der Waals surface area contributed by atoms with Crippen LogP contribution in [0, 0.1) is 12.7 Å². The lowest BCUT2D eigenvalue weighted by molar-refractivity contribution is 0.207. The number of nitrogens with zero attached hydrogens (tertiary/aromatic N) is 2. The summed E-state index contributed by atoms with van der Waals surface area (Å²) in [4.78, 5) is 8.03. The molecule has 0 bridgehead atoms. The van der Waals surface area contributed by atoms with Crippen LogP contribution in [0.4, 0.5) is 4.39 Å². The highest BCUT2D eigenvalue weighted by Crippen LogP contribution is 2.28. The Balaban J connectivity index is 2.44. The number of aliphatic hydroxyl groups excluding tert-OH is 1. The Kier molecular flexibility index (Phi) is 3.53. The molecule has 0 radical (unpaired) electrons. The molecule has 94 valence electrons. The molecule has 18 heavy (non-hydrogen) atoms. The molecule has 0 saturated carbocycles. The van der Waals surface area contributed by atoms with Crippen molar-refractivity contribution in [2.45, 2.75) is 13.0 Å². The molecule has 0 aliphatic rings. The minimum absolute atomic E-state index is 0.258. The lowest BCUT2D eigenvalue weighted by Crippen LogP contribution is -2.07. The van der Waals surface area contributed by atoms with Crippen LogP contribution in [0.15, 0.2) is 30.6 Å². The second kappa shape index (κ2) is 5.10. The van der Waals surface area contributed by atoms with Gasteiger partial charge in [-0.2, -0.15) is 0 Å². The summed E-state index contributed by atoms with van der Waals surface area (Å²) in [5.74, 6) is -0.0803. The first-order valence-electron chi connectivity index (χ1n) is 5.42. The zero-order valence-electron chi connectivity index (χ0n) is 10.1. The Morgan fingerprint density at radius 3 is 2.67 bits per heavy atom. The van der Waals surface area contributed by atoms with E-state index in [2.05, 4.69) is 9.97 Å². The molecule has 2 rings (SSSR count). The van der Waals surface area contributed by atoms with E-state index in [0.29, 0.717) is 16.8 Å². The van der Waals surface area contributed by atoms with E-state index in [0.717, 1.165) is 0 Å². The molecule has 1 unspecified atom stereocenters. The van der Waals surface area contributed by atoms with Crippen LogP contribution in [0.25, 0.3) is 0 Å². The van der Waals surface area contributed by atoms with Crippen molar-refractivity contribution in [1.29, 1.82) is 0 Å². The number of aryl methyl sites for hydroxylation is 1. The molecule has 0 saturated heterocycles. The fraction of sp³-hybridized carbons (Fsp3) is 0.231. The summed E-state index contributed by atoms with van der Waals surface area (Å²) < 4.78 is 18.1. The van der Waals surface area contributed by atoms with E-state index >= 15 is 0 Å². The predicted octanol–water partition coefficient (Wildman–Crippen LogP) is 2.01. The highest BCUT2D eigenvalue weighted by atomic mass is 19.1. The molecule has 0 aliphatic carbocycles. The molecular formula is C13H13FN2O2. The third kappa shape index (κ3) is 2.31. The summed E-state index contributed by atoms with van der Waals surface area (Å²) >= 11 is 0. The molecule has 0 spiro atoms. The molecule has 4 nitrogen and oxygen atoms in total. The van der Waals surface area contributed by atoms with Gasteiger partial charge in [-0.05, 0) is 30.2 Å². The SMILES string of the molecule is COc1nccnc1C(O)c1ccc(F)cc1C. The van der Waals surface area contributed by atoms with Crippen molar-refractivity contribution in [1.82, 2.24) is 9.97 Å². The first kappa shape index (κ1) is 12.4. The molecule has 1 aromatic heterocycles. The zero-order valence-corrected chi connectivity index (χ0v) is 10.1. The minimum atomic E-state index is -0.991. The maximum atomic E-state index is 13.0. The van der Waals surface area contributed by atoms with Crippen LogP contribution in [0.5, 0.6) is 5.88 Å². The van der Waals surface area contributed by atoms with E-state index < -0.39 is 6.10 Å². The second-order valence-corrected chi connectivity index (χ2v) is 3.85. The summed E-state index contributed by atoms with van der Waals surface area (Å²) in [6.45, 7) is 1.73. The lowest BCUT2D eigenvalue weighted by Gasteiger charge is -2.14. The summed E-state index contributed by atoms with van der Waals surface area (Å²) in [6, 6.07) is 4.19. The molecule has 1 heterocycles. The summed E-state index contributed by atoms with van der Waals surface area (Å²) in [5, 5.41) is 10.3. The van der Waals surface area contributed by atoms with E-state index in [1.54, 1.807) is 6.92 Å². The van der Waals surface area contributed by atoms with E-state index in [-0.39, 0.29) is 11.7 Å². The molecule has 2 aromatic rings. The van der Waals surface area contributed by atoms with Gasteiger partial charge < -0.3 is 9.84 Å². The molecule has 0 amide bonds. The van der Waals surface area contributed by atoms with Gasteiger partial charge in [-0.15, -0.1) is 0 Å². The van der Waals surface area contributed by atoms with E-state index in [1.807, 2.05) is 0 Å². The standard InChI is InChI=1S/C13H13FN2O2/c1-8-7-9(14)3-4-10(8)12(17)11-13(18-2)16-6-5-15-11/h3-7,12,17H,1-2H3. The Bertz CT molecular complexity index is 560. The summed E-state index contributed by atoms with van der Waals surface area (Å²) in [7, 11) is 1.46. The number of benzene rings is 1.